The Balaban J connectivity index is 0.000000298. The highest BCUT2D eigenvalue weighted by atomic mass is 35.5. The molecule has 0 bridgehead atoms. The SMILES string of the molecule is O=C(NC(=O)c1ccccc1Cl)Nc1ccc(OC(F)(F)F)cc1.O=CN1CCNCC1.c1ccsc1. The Morgan fingerprint density at radius 1 is 1.00 bits per heavy atom. The van der Waals surface area contributed by atoms with Gasteiger partial charge in [0, 0.05) is 31.9 Å². The molecule has 13 heteroatoms. The van der Waals surface area contributed by atoms with Gasteiger partial charge in [0.2, 0.25) is 6.41 Å². The number of ether oxygens (including phenoxy) is 1. The number of carbonyl (C=O) groups excluding carboxylic acids is 3. The fourth-order valence-corrected chi connectivity index (χ4v) is 3.41. The fourth-order valence-electron chi connectivity index (χ4n) is 2.73. The number of urea groups is 1. The lowest BCUT2D eigenvalue weighted by molar-refractivity contribution is -0.274. The van der Waals surface area contributed by atoms with Crippen molar-refractivity contribution in [2.45, 2.75) is 6.36 Å². The van der Waals surface area contributed by atoms with Crippen LogP contribution in [0.1, 0.15) is 10.4 Å². The number of imide groups is 1. The standard InChI is InChI=1S/C15H10ClF3N2O3.C5H10N2O.C4H4S/c16-12-4-2-1-3-11(12)13(22)21-14(23)20-9-5-7-10(8-6-9)24-15(17,18)19;8-5-7-3-1-6-2-4-7;1-2-4-5-3-1/h1-8H,(H2,20,21,22,23);5-6H,1-4H2;1-4H. The molecular weight excluding hydrogens is 533 g/mol. The van der Waals surface area contributed by atoms with Gasteiger partial charge in [-0.3, -0.25) is 14.9 Å². The van der Waals surface area contributed by atoms with Crippen molar-refractivity contribution in [2.24, 2.45) is 0 Å². The summed E-state index contributed by atoms with van der Waals surface area (Å²) in [6, 6.07) is 13.8. The molecule has 0 aliphatic carbocycles. The van der Waals surface area contributed by atoms with E-state index in [0.29, 0.717) is 0 Å². The van der Waals surface area contributed by atoms with Crippen molar-refractivity contribution >= 4 is 47.0 Å². The normalized spacial score (nSPS) is 12.6. The van der Waals surface area contributed by atoms with Crippen LogP contribution in [0.4, 0.5) is 23.7 Å². The first-order valence-corrected chi connectivity index (χ1v) is 12.1. The van der Waals surface area contributed by atoms with Crippen molar-refractivity contribution in [2.75, 3.05) is 31.5 Å². The van der Waals surface area contributed by atoms with E-state index in [9.17, 15) is 27.6 Å². The summed E-state index contributed by atoms with van der Waals surface area (Å²) < 4.78 is 39.8. The molecule has 198 valence electrons. The second kappa shape index (κ2) is 15.5. The highest BCUT2D eigenvalue weighted by Gasteiger charge is 2.31. The zero-order chi connectivity index (χ0) is 27.1. The number of benzene rings is 2. The summed E-state index contributed by atoms with van der Waals surface area (Å²) in [6.07, 6.45) is -3.89. The van der Waals surface area contributed by atoms with Crippen LogP contribution in [0, 0.1) is 0 Å². The van der Waals surface area contributed by atoms with E-state index >= 15 is 0 Å². The smallest absolute Gasteiger partial charge is 0.406 e. The summed E-state index contributed by atoms with van der Waals surface area (Å²) in [6.45, 7) is 3.62. The molecule has 1 aliphatic heterocycles. The lowest BCUT2D eigenvalue weighted by atomic mass is 10.2. The first-order chi connectivity index (χ1) is 17.7. The van der Waals surface area contributed by atoms with Gasteiger partial charge in [-0.2, -0.15) is 11.3 Å². The number of carbonyl (C=O) groups is 3. The number of rotatable bonds is 4. The maximum atomic E-state index is 12.0. The van der Waals surface area contributed by atoms with Gasteiger partial charge < -0.3 is 20.3 Å². The lowest BCUT2D eigenvalue weighted by Crippen LogP contribution is -2.42. The summed E-state index contributed by atoms with van der Waals surface area (Å²) in [4.78, 5) is 35.4. The van der Waals surface area contributed by atoms with E-state index in [1.165, 1.54) is 24.3 Å². The first-order valence-electron chi connectivity index (χ1n) is 10.8. The Labute approximate surface area is 220 Å². The van der Waals surface area contributed by atoms with Gasteiger partial charge in [0.05, 0.1) is 10.6 Å². The van der Waals surface area contributed by atoms with E-state index in [1.807, 2.05) is 22.9 Å². The largest absolute Gasteiger partial charge is 0.573 e. The average Bonchev–Trinajstić information content (AvgIpc) is 3.46. The third kappa shape index (κ3) is 12.3. The summed E-state index contributed by atoms with van der Waals surface area (Å²) in [5.41, 5.74) is 0.289. The molecule has 4 rings (SSSR count). The van der Waals surface area contributed by atoms with E-state index in [2.05, 4.69) is 20.7 Å². The van der Waals surface area contributed by atoms with Gasteiger partial charge in [0.25, 0.3) is 5.91 Å². The Hall–Kier alpha value is -3.61. The van der Waals surface area contributed by atoms with Crippen molar-refractivity contribution in [1.29, 1.82) is 0 Å². The van der Waals surface area contributed by atoms with Crippen molar-refractivity contribution in [3.05, 3.63) is 82.0 Å². The van der Waals surface area contributed by atoms with Crippen molar-refractivity contribution < 1.29 is 32.3 Å². The van der Waals surface area contributed by atoms with Gasteiger partial charge in [0.1, 0.15) is 5.75 Å². The van der Waals surface area contributed by atoms with Crippen LogP contribution >= 0.6 is 22.9 Å². The van der Waals surface area contributed by atoms with Crippen LogP contribution in [0.3, 0.4) is 0 Å². The minimum atomic E-state index is -4.80. The van der Waals surface area contributed by atoms with Gasteiger partial charge in [-0.15, -0.1) is 13.2 Å². The summed E-state index contributed by atoms with van der Waals surface area (Å²) in [5, 5.41) is 11.8. The van der Waals surface area contributed by atoms with Crippen molar-refractivity contribution in [3.8, 4) is 5.75 Å². The molecule has 8 nitrogen and oxygen atoms in total. The van der Waals surface area contributed by atoms with Crippen LogP contribution in [-0.4, -0.2) is 55.8 Å². The van der Waals surface area contributed by atoms with Crippen LogP contribution in [0.25, 0.3) is 0 Å². The number of alkyl halides is 3. The summed E-state index contributed by atoms with van der Waals surface area (Å²) in [5.74, 6) is -1.14. The zero-order valence-corrected chi connectivity index (χ0v) is 20.9. The third-order valence-electron chi connectivity index (χ3n) is 4.42. The minimum Gasteiger partial charge on any atom is -0.406 e. The van der Waals surface area contributed by atoms with Gasteiger partial charge in [0.15, 0.2) is 0 Å². The highest BCUT2D eigenvalue weighted by Crippen LogP contribution is 2.24. The Bertz CT molecular complexity index is 1090. The molecule has 0 spiro atoms. The predicted octanol–water partition coefficient (Wildman–Crippen LogP) is 5.00. The fraction of sp³-hybridized carbons (Fsp3) is 0.208. The Morgan fingerprint density at radius 2 is 1.62 bits per heavy atom. The van der Waals surface area contributed by atoms with Crippen LogP contribution in [0.5, 0.6) is 5.75 Å². The molecule has 1 fully saturated rings. The monoisotopic (exact) mass is 556 g/mol. The van der Waals surface area contributed by atoms with Crippen molar-refractivity contribution in [1.82, 2.24) is 15.5 Å². The van der Waals surface area contributed by atoms with E-state index < -0.39 is 24.1 Å². The molecule has 3 aromatic rings. The van der Waals surface area contributed by atoms with Crippen LogP contribution < -0.4 is 20.7 Å². The Kier molecular flexibility index (Phi) is 12.4. The molecule has 1 aromatic heterocycles. The number of piperazine rings is 1. The first kappa shape index (κ1) is 29.6. The number of halogens is 4. The number of amides is 4. The van der Waals surface area contributed by atoms with E-state index in [0.717, 1.165) is 44.7 Å². The summed E-state index contributed by atoms with van der Waals surface area (Å²) in [7, 11) is 0. The molecule has 0 radical (unpaired) electrons. The maximum absolute atomic E-state index is 12.0. The van der Waals surface area contributed by atoms with Crippen molar-refractivity contribution in [3.63, 3.8) is 0 Å². The molecule has 2 aromatic carbocycles. The van der Waals surface area contributed by atoms with Gasteiger partial charge in [-0.05, 0) is 47.2 Å². The molecule has 4 amide bonds. The maximum Gasteiger partial charge on any atom is 0.573 e. The molecule has 37 heavy (non-hydrogen) atoms. The van der Waals surface area contributed by atoms with Crippen LogP contribution in [-0.2, 0) is 4.79 Å². The average molecular weight is 557 g/mol. The quantitative estimate of drug-likeness (QED) is 0.393. The van der Waals surface area contributed by atoms with Gasteiger partial charge in [-0.25, -0.2) is 4.79 Å². The number of nitrogens with one attached hydrogen (secondary N) is 3. The number of nitrogens with zero attached hydrogens (tertiary/aromatic N) is 1. The number of hydrogen-bond acceptors (Lipinski definition) is 6. The zero-order valence-electron chi connectivity index (χ0n) is 19.3. The topological polar surface area (TPSA) is 99.8 Å². The second-order valence-corrected chi connectivity index (χ2v) is 8.37. The van der Waals surface area contributed by atoms with Gasteiger partial charge >= 0.3 is 12.4 Å². The third-order valence-corrected chi connectivity index (χ3v) is 5.38. The minimum absolute atomic E-state index is 0.114. The number of hydrogen-bond donors (Lipinski definition) is 3. The second-order valence-electron chi connectivity index (χ2n) is 7.14. The molecular formula is C24H24ClF3N4O4S. The van der Waals surface area contributed by atoms with Crippen LogP contribution in [0.15, 0.2) is 71.4 Å². The molecule has 2 heterocycles. The molecule has 0 saturated carbocycles. The molecule has 0 atom stereocenters. The number of thiophene rings is 1. The Morgan fingerprint density at radius 3 is 2.11 bits per heavy atom. The predicted molar refractivity (Wildman–Crippen MR) is 136 cm³/mol. The molecule has 1 aliphatic rings. The molecule has 1 saturated heterocycles. The van der Waals surface area contributed by atoms with Crippen LogP contribution in [0.2, 0.25) is 5.02 Å². The van der Waals surface area contributed by atoms with Gasteiger partial charge in [-0.1, -0.05) is 35.9 Å². The summed E-state index contributed by atoms with van der Waals surface area (Å²) >= 11 is 7.55. The van der Waals surface area contributed by atoms with E-state index in [-0.39, 0.29) is 16.3 Å². The molecule has 0 unspecified atom stereocenters. The van der Waals surface area contributed by atoms with E-state index in [1.54, 1.807) is 28.4 Å². The highest BCUT2D eigenvalue weighted by molar-refractivity contribution is 7.07. The van der Waals surface area contributed by atoms with E-state index in [4.69, 9.17) is 11.6 Å². The number of anilines is 1. The molecule has 3 N–H and O–H groups in total. The lowest BCUT2D eigenvalue weighted by Gasteiger charge is -2.22.